The summed E-state index contributed by atoms with van der Waals surface area (Å²) in [5.41, 5.74) is 7.01. The molecule has 1 fully saturated rings. The smallest absolute Gasteiger partial charge is 0.223 e. The van der Waals surface area contributed by atoms with Gasteiger partial charge in [-0.25, -0.2) is 0 Å². The van der Waals surface area contributed by atoms with Crippen molar-refractivity contribution >= 4 is 29.1 Å². The minimum atomic E-state index is 0. The maximum absolute atomic E-state index is 12.2. The van der Waals surface area contributed by atoms with E-state index in [4.69, 9.17) is 5.73 Å². The molecule has 0 bridgehead atoms. The molecule has 0 radical (unpaired) electrons. The Hall–Kier alpha value is -1.58. The molecule has 0 aliphatic heterocycles. The van der Waals surface area contributed by atoms with Crippen molar-refractivity contribution < 1.29 is 4.79 Å². The van der Waals surface area contributed by atoms with Crippen LogP contribution in [-0.2, 0) is 4.79 Å². The van der Waals surface area contributed by atoms with Crippen LogP contribution < -0.4 is 11.1 Å². The van der Waals surface area contributed by atoms with Crippen molar-refractivity contribution in [3.8, 4) is 0 Å². The molecule has 22 heavy (non-hydrogen) atoms. The fourth-order valence-electron chi connectivity index (χ4n) is 2.96. The van der Waals surface area contributed by atoms with Gasteiger partial charge in [0.15, 0.2) is 0 Å². The average Bonchev–Trinajstić information content (AvgIpc) is 3.26. The summed E-state index contributed by atoms with van der Waals surface area (Å²) >= 11 is 0. The molecule has 2 aromatic rings. The van der Waals surface area contributed by atoms with E-state index in [-0.39, 0.29) is 30.3 Å². The van der Waals surface area contributed by atoms with Crippen LogP contribution in [0.15, 0.2) is 42.5 Å². The van der Waals surface area contributed by atoms with Gasteiger partial charge in [0, 0.05) is 18.5 Å². The molecule has 2 aromatic carbocycles. The van der Waals surface area contributed by atoms with Crippen molar-refractivity contribution in [2.75, 3.05) is 6.54 Å². The summed E-state index contributed by atoms with van der Waals surface area (Å²) < 4.78 is 0. The van der Waals surface area contributed by atoms with Crippen LogP contribution in [0.4, 0.5) is 0 Å². The third-order valence-corrected chi connectivity index (χ3v) is 4.25. The quantitative estimate of drug-likeness (QED) is 0.889. The number of nitrogens with two attached hydrogens (primary N) is 1. The average molecular weight is 319 g/mol. The number of carbonyl (C=O) groups excluding carboxylic acids is 1. The predicted molar refractivity (Wildman–Crippen MR) is 93.3 cm³/mol. The molecular formula is C18H23ClN2O. The number of carbonyl (C=O) groups is 1. The molecule has 1 saturated carbocycles. The van der Waals surface area contributed by atoms with Gasteiger partial charge in [0.25, 0.3) is 0 Å². The summed E-state index contributed by atoms with van der Waals surface area (Å²) in [7, 11) is 0. The summed E-state index contributed by atoms with van der Waals surface area (Å²) in [5, 5.41) is 5.53. The molecule has 3 unspecified atom stereocenters. The van der Waals surface area contributed by atoms with Gasteiger partial charge in [-0.2, -0.15) is 0 Å². The molecule has 3 nitrogen and oxygen atoms in total. The second-order valence-electron chi connectivity index (χ2n) is 6.07. The zero-order chi connectivity index (χ0) is 14.8. The zero-order valence-corrected chi connectivity index (χ0v) is 13.6. The molecule has 3 atom stereocenters. The monoisotopic (exact) mass is 318 g/mol. The topological polar surface area (TPSA) is 55.1 Å². The molecule has 118 valence electrons. The molecule has 0 spiro atoms. The first-order valence-electron chi connectivity index (χ1n) is 7.68. The molecule has 1 aliphatic rings. The van der Waals surface area contributed by atoms with Gasteiger partial charge < -0.3 is 11.1 Å². The first-order chi connectivity index (χ1) is 10.2. The van der Waals surface area contributed by atoms with Gasteiger partial charge in [0.05, 0.1) is 0 Å². The van der Waals surface area contributed by atoms with Crippen molar-refractivity contribution in [3.05, 3.63) is 48.0 Å². The van der Waals surface area contributed by atoms with E-state index in [0.29, 0.717) is 12.5 Å². The van der Waals surface area contributed by atoms with Crippen LogP contribution >= 0.6 is 12.4 Å². The van der Waals surface area contributed by atoms with E-state index in [1.165, 1.54) is 16.3 Å². The van der Waals surface area contributed by atoms with Crippen molar-refractivity contribution in [1.82, 2.24) is 5.32 Å². The van der Waals surface area contributed by atoms with Crippen molar-refractivity contribution in [3.63, 3.8) is 0 Å². The SMILES string of the molecule is CC(N)CCNC(=O)C1CC1c1cccc2ccccc12.Cl. The summed E-state index contributed by atoms with van der Waals surface area (Å²) in [6.07, 6.45) is 1.79. The molecule has 0 aromatic heterocycles. The molecule has 3 rings (SSSR count). The lowest BCUT2D eigenvalue weighted by Gasteiger charge is -2.08. The second-order valence-corrected chi connectivity index (χ2v) is 6.07. The molecular weight excluding hydrogens is 296 g/mol. The summed E-state index contributed by atoms with van der Waals surface area (Å²) in [4.78, 5) is 12.2. The Bertz CT molecular complexity index is 651. The van der Waals surface area contributed by atoms with E-state index >= 15 is 0 Å². The van der Waals surface area contributed by atoms with E-state index in [9.17, 15) is 4.79 Å². The van der Waals surface area contributed by atoms with Crippen LogP contribution in [0, 0.1) is 5.92 Å². The molecule has 1 aliphatic carbocycles. The number of nitrogens with one attached hydrogen (secondary N) is 1. The van der Waals surface area contributed by atoms with Gasteiger partial charge in [0.2, 0.25) is 5.91 Å². The molecule has 3 N–H and O–H groups in total. The minimum Gasteiger partial charge on any atom is -0.356 e. The summed E-state index contributed by atoms with van der Waals surface area (Å²) in [6.45, 7) is 2.64. The number of benzene rings is 2. The highest BCUT2D eigenvalue weighted by molar-refractivity contribution is 5.89. The van der Waals surface area contributed by atoms with Crippen LogP contribution in [0.5, 0.6) is 0 Å². The third kappa shape index (κ3) is 3.60. The van der Waals surface area contributed by atoms with Crippen LogP contribution in [0.1, 0.15) is 31.2 Å². The summed E-state index contributed by atoms with van der Waals surface area (Å²) in [5.74, 6) is 0.670. The first kappa shape index (κ1) is 16.8. The third-order valence-electron chi connectivity index (χ3n) is 4.25. The Morgan fingerprint density at radius 3 is 2.77 bits per heavy atom. The van der Waals surface area contributed by atoms with Gasteiger partial charge in [-0.05, 0) is 42.0 Å². The normalized spacial score (nSPS) is 21.0. The number of hydrogen-bond acceptors (Lipinski definition) is 2. The minimum absolute atomic E-state index is 0. The van der Waals surface area contributed by atoms with E-state index in [1.54, 1.807) is 0 Å². The van der Waals surface area contributed by atoms with Crippen molar-refractivity contribution in [2.24, 2.45) is 11.7 Å². The van der Waals surface area contributed by atoms with Gasteiger partial charge in [-0.15, -0.1) is 12.4 Å². The number of hydrogen-bond donors (Lipinski definition) is 2. The van der Waals surface area contributed by atoms with Crippen molar-refractivity contribution in [2.45, 2.75) is 31.7 Å². The Kier molecular flexibility index (Phi) is 5.43. The number of amides is 1. The predicted octanol–water partition coefficient (Wildman–Crippen LogP) is 3.22. The largest absolute Gasteiger partial charge is 0.356 e. The van der Waals surface area contributed by atoms with Gasteiger partial charge in [-0.3, -0.25) is 4.79 Å². The fraction of sp³-hybridized carbons (Fsp3) is 0.389. The fourth-order valence-corrected chi connectivity index (χ4v) is 2.96. The highest BCUT2D eigenvalue weighted by Gasteiger charge is 2.44. The van der Waals surface area contributed by atoms with Gasteiger partial charge >= 0.3 is 0 Å². The highest BCUT2D eigenvalue weighted by Crippen LogP contribution is 2.49. The second kappa shape index (κ2) is 7.12. The van der Waals surface area contributed by atoms with Gasteiger partial charge in [-0.1, -0.05) is 42.5 Å². The Morgan fingerprint density at radius 2 is 2.00 bits per heavy atom. The van der Waals surface area contributed by atoms with E-state index < -0.39 is 0 Å². The lowest BCUT2D eigenvalue weighted by atomic mass is 10.00. The zero-order valence-electron chi connectivity index (χ0n) is 12.8. The lowest BCUT2D eigenvalue weighted by Crippen LogP contribution is -2.30. The van der Waals surface area contributed by atoms with Crippen LogP contribution in [0.25, 0.3) is 10.8 Å². The van der Waals surface area contributed by atoms with Gasteiger partial charge in [0.1, 0.15) is 0 Å². The van der Waals surface area contributed by atoms with Crippen LogP contribution in [0.2, 0.25) is 0 Å². The number of fused-ring (bicyclic) bond motifs is 1. The molecule has 0 heterocycles. The van der Waals surface area contributed by atoms with E-state index in [2.05, 4.69) is 47.8 Å². The Morgan fingerprint density at radius 1 is 1.27 bits per heavy atom. The summed E-state index contributed by atoms with van der Waals surface area (Å²) in [6, 6.07) is 14.9. The molecule has 1 amide bonds. The number of rotatable bonds is 5. The van der Waals surface area contributed by atoms with Crippen LogP contribution in [-0.4, -0.2) is 18.5 Å². The maximum atomic E-state index is 12.2. The number of halogens is 1. The molecule has 4 heteroatoms. The van der Waals surface area contributed by atoms with E-state index in [1.807, 2.05) is 6.92 Å². The van der Waals surface area contributed by atoms with E-state index in [0.717, 1.165) is 12.8 Å². The molecule has 0 saturated heterocycles. The van der Waals surface area contributed by atoms with Crippen molar-refractivity contribution in [1.29, 1.82) is 0 Å². The standard InChI is InChI=1S/C18H22N2O.ClH/c1-12(19)9-10-20-18(21)17-11-16(17)15-8-4-6-13-5-2-3-7-14(13)15;/h2-8,12,16-17H,9-11,19H2,1H3,(H,20,21);1H. The highest BCUT2D eigenvalue weighted by atomic mass is 35.5. The Balaban J connectivity index is 0.00000176. The Labute approximate surface area is 137 Å². The first-order valence-corrected chi connectivity index (χ1v) is 7.68. The van der Waals surface area contributed by atoms with Crippen LogP contribution in [0.3, 0.4) is 0 Å². The lowest BCUT2D eigenvalue weighted by molar-refractivity contribution is -0.122. The maximum Gasteiger partial charge on any atom is 0.223 e.